The Bertz CT molecular complexity index is 420. The molecule has 18 heavy (non-hydrogen) atoms. The van der Waals surface area contributed by atoms with Crippen LogP contribution in [0.15, 0.2) is 21.0 Å². The normalized spacial score (nSPS) is 23.2. The molecule has 0 saturated heterocycles. The molecule has 8 heteroatoms. The van der Waals surface area contributed by atoms with Crippen molar-refractivity contribution in [2.45, 2.75) is 12.5 Å². The topological polar surface area (TPSA) is 86.6 Å². The van der Waals surface area contributed by atoms with E-state index in [1.807, 2.05) is 0 Å². The fourth-order valence-electron chi connectivity index (χ4n) is 1.23. The first-order valence-corrected chi connectivity index (χ1v) is 5.42. The minimum absolute atomic E-state index is 0.112. The van der Waals surface area contributed by atoms with Gasteiger partial charge in [0.2, 0.25) is 11.3 Å². The van der Waals surface area contributed by atoms with Crippen molar-refractivity contribution in [3.05, 3.63) is 10.8 Å². The fourth-order valence-corrected chi connectivity index (χ4v) is 1.48. The molecule has 0 aromatic rings. The first-order chi connectivity index (χ1) is 8.47. The summed E-state index contributed by atoms with van der Waals surface area (Å²) in [5.41, 5.74) is -1.55. The van der Waals surface area contributed by atoms with E-state index < -0.39 is 17.4 Å². The molecular formula is C10H13ClN2O5. The molecule has 1 aliphatic heterocycles. The van der Waals surface area contributed by atoms with Crippen LogP contribution in [0.4, 0.5) is 0 Å². The highest BCUT2D eigenvalue weighted by Crippen LogP contribution is 2.34. The van der Waals surface area contributed by atoms with Gasteiger partial charge in [-0.2, -0.15) is 5.11 Å². The number of carbonyl (C=O) groups excluding carboxylic acids is 2. The molecule has 0 spiro atoms. The zero-order valence-corrected chi connectivity index (χ0v) is 11.0. The molecule has 0 aromatic carbocycles. The van der Waals surface area contributed by atoms with Crippen LogP contribution in [0.25, 0.3) is 0 Å². The van der Waals surface area contributed by atoms with Crippen LogP contribution in [0, 0.1) is 0 Å². The minimum Gasteiger partial charge on any atom is -0.484 e. The molecule has 1 unspecified atom stereocenters. The summed E-state index contributed by atoms with van der Waals surface area (Å²) in [6.45, 7) is 1.77. The predicted octanol–water partition coefficient (Wildman–Crippen LogP) is 1.02. The number of ether oxygens (including phenoxy) is 3. The van der Waals surface area contributed by atoms with Gasteiger partial charge in [0, 0.05) is 7.11 Å². The molecule has 0 fully saturated rings. The molecule has 1 rings (SSSR count). The van der Waals surface area contributed by atoms with Crippen LogP contribution >= 0.6 is 11.6 Å². The number of hydrogen-bond acceptors (Lipinski definition) is 6. The van der Waals surface area contributed by atoms with Gasteiger partial charge in [-0.15, -0.1) is 5.11 Å². The molecule has 0 aromatic heterocycles. The van der Waals surface area contributed by atoms with Crippen LogP contribution < -0.4 is 0 Å². The van der Waals surface area contributed by atoms with Crippen molar-refractivity contribution in [1.29, 1.82) is 0 Å². The number of carbonyl (C=O) groups is 2. The van der Waals surface area contributed by atoms with Crippen molar-refractivity contribution in [1.82, 2.24) is 0 Å². The molecule has 1 aliphatic rings. The lowest BCUT2D eigenvalue weighted by Crippen LogP contribution is -2.38. The van der Waals surface area contributed by atoms with Gasteiger partial charge in [0.05, 0.1) is 13.7 Å². The van der Waals surface area contributed by atoms with Crippen molar-refractivity contribution in [3.8, 4) is 0 Å². The van der Waals surface area contributed by atoms with Gasteiger partial charge in [-0.1, -0.05) is 11.6 Å². The number of nitrogens with zero attached hydrogens (tertiary/aromatic N) is 2. The van der Waals surface area contributed by atoms with Crippen LogP contribution in [0.5, 0.6) is 0 Å². The van der Waals surface area contributed by atoms with E-state index in [2.05, 4.69) is 15.0 Å². The van der Waals surface area contributed by atoms with Gasteiger partial charge in [-0.25, -0.2) is 4.79 Å². The molecular weight excluding hydrogens is 264 g/mol. The third kappa shape index (κ3) is 2.68. The summed E-state index contributed by atoms with van der Waals surface area (Å²) in [6.07, 6.45) is 0. The summed E-state index contributed by atoms with van der Waals surface area (Å²) < 4.78 is 14.5. The number of amides is 1. The smallest absolute Gasteiger partial charge is 0.341 e. The molecule has 0 saturated carbocycles. The minimum atomic E-state index is -1.55. The van der Waals surface area contributed by atoms with Crippen molar-refractivity contribution in [3.63, 3.8) is 0 Å². The Hall–Kier alpha value is -1.47. The third-order valence-electron chi connectivity index (χ3n) is 2.28. The average molecular weight is 277 g/mol. The number of esters is 1. The van der Waals surface area contributed by atoms with Crippen molar-refractivity contribution < 1.29 is 23.8 Å². The van der Waals surface area contributed by atoms with Crippen LogP contribution in [0.2, 0.25) is 0 Å². The Morgan fingerprint density at radius 1 is 1.39 bits per heavy atom. The van der Waals surface area contributed by atoms with E-state index in [9.17, 15) is 9.59 Å². The Morgan fingerprint density at radius 3 is 2.61 bits per heavy atom. The second-order valence-electron chi connectivity index (χ2n) is 3.55. The largest absolute Gasteiger partial charge is 0.484 e. The SMILES string of the molecule is COCCOC1=C(Cl)C(C)(C(=O)OC)N=NC1=O. The molecule has 1 amide bonds. The van der Waals surface area contributed by atoms with Gasteiger partial charge in [0.1, 0.15) is 11.6 Å². The maximum absolute atomic E-state index is 11.6. The fraction of sp³-hybridized carbons (Fsp3) is 0.600. The lowest BCUT2D eigenvalue weighted by Gasteiger charge is -2.24. The number of azo groups is 1. The monoisotopic (exact) mass is 276 g/mol. The molecule has 0 bridgehead atoms. The van der Waals surface area contributed by atoms with Crippen LogP contribution in [-0.2, 0) is 23.8 Å². The first-order valence-electron chi connectivity index (χ1n) is 5.05. The molecule has 7 nitrogen and oxygen atoms in total. The Balaban J connectivity index is 3.00. The summed E-state index contributed by atoms with van der Waals surface area (Å²) >= 11 is 5.98. The van der Waals surface area contributed by atoms with Crippen LogP contribution in [0.3, 0.4) is 0 Å². The van der Waals surface area contributed by atoms with E-state index >= 15 is 0 Å². The van der Waals surface area contributed by atoms with Gasteiger partial charge in [-0.3, -0.25) is 4.79 Å². The summed E-state index contributed by atoms with van der Waals surface area (Å²) in [7, 11) is 2.68. The number of rotatable bonds is 5. The maximum atomic E-state index is 11.6. The Kier molecular flexibility index (Phi) is 4.80. The summed E-state index contributed by atoms with van der Waals surface area (Å²) in [6, 6.07) is 0. The van der Waals surface area contributed by atoms with Crippen molar-refractivity contribution >= 4 is 23.5 Å². The standard InChI is InChI=1S/C10H13ClN2O5/c1-10(9(15)17-3)7(11)6(8(14)12-13-10)18-5-4-16-2/h4-5H2,1-3H3. The molecule has 0 radical (unpaired) electrons. The number of halogens is 1. The lowest BCUT2D eigenvalue weighted by molar-refractivity contribution is -0.145. The summed E-state index contributed by atoms with van der Waals surface area (Å²) in [4.78, 5) is 23.1. The average Bonchev–Trinajstić information content (AvgIpc) is 2.37. The van der Waals surface area contributed by atoms with Gasteiger partial charge in [-0.05, 0) is 6.92 Å². The quantitative estimate of drug-likeness (QED) is 0.553. The van der Waals surface area contributed by atoms with E-state index in [0.29, 0.717) is 0 Å². The third-order valence-corrected chi connectivity index (χ3v) is 2.82. The van der Waals surface area contributed by atoms with Gasteiger partial charge < -0.3 is 14.2 Å². The highest BCUT2D eigenvalue weighted by molar-refractivity contribution is 6.35. The maximum Gasteiger partial charge on any atom is 0.341 e. The molecule has 1 atom stereocenters. The van der Waals surface area contributed by atoms with Crippen molar-refractivity contribution in [2.24, 2.45) is 10.2 Å². The van der Waals surface area contributed by atoms with E-state index in [1.165, 1.54) is 21.1 Å². The molecule has 100 valence electrons. The van der Waals surface area contributed by atoms with E-state index in [4.69, 9.17) is 21.1 Å². The van der Waals surface area contributed by atoms with Gasteiger partial charge >= 0.3 is 11.9 Å². The van der Waals surface area contributed by atoms with E-state index in [0.717, 1.165) is 0 Å². The molecule has 0 aliphatic carbocycles. The Morgan fingerprint density at radius 2 is 2.06 bits per heavy atom. The van der Waals surface area contributed by atoms with E-state index in [-0.39, 0.29) is 24.0 Å². The Labute approximate surface area is 109 Å². The lowest BCUT2D eigenvalue weighted by atomic mass is 10.0. The number of methoxy groups -OCH3 is 2. The van der Waals surface area contributed by atoms with Crippen LogP contribution in [0.1, 0.15) is 6.92 Å². The number of hydrogen-bond donors (Lipinski definition) is 0. The summed E-state index contributed by atoms with van der Waals surface area (Å²) in [5.74, 6) is -1.68. The van der Waals surface area contributed by atoms with Crippen molar-refractivity contribution in [2.75, 3.05) is 27.4 Å². The van der Waals surface area contributed by atoms with Crippen LogP contribution in [-0.4, -0.2) is 44.8 Å². The van der Waals surface area contributed by atoms with Gasteiger partial charge in [0.15, 0.2) is 0 Å². The highest BCUT2D eigenvalue weighted by atomic mass is 35.5. The zero-order chi connectivity index (χ0) is 13.8. The first kappa shape index (κ1) is 14.6. The highest BCUT2D eigenvalue weighted by Gasteiger charge is 2.45. The van der Waals surface area contributed by atoms with Gasteiger partial charge in [0.25, 0.3) is 0 Å². The zero-order valence-electron chi connectivity index (χ0n) is 10.2. The second-order valence-corrected chi connectivity index (χ2v) is 3.93. The molecule has 0 N–H and O–H groups in total. The predicted molar refractivity (Wildman–Crippen MR) is 61.0 cm³/mol. The molecule has 1 heterocycles. The summed E-state index contributed by atoms with van der Waals surface area (Å²) in [5, 5.41) is 6.76. The van der Waals surface area contributed by atoms with E-state index in [1.54, 1.807) is 0 Å². The second kappa shape index (κ2) is 5.92.